The molecule has 1 atom stereocenters. The van der Waals surface area contributed by atoms with Crippen molar-refractivity contribution in [2.75, 3.05) is 19.7 Å². The van der Waals surface area contributed by atoms with E-state index in [0.717, 1.165) is 49.2 Å². The van der Waals surface area contributed by atoms with Gasteiger partial charge in [0.15, 0.2) is 5.16 Å². The molecule has 0 unspecified atom stereocenters. The van der Waals surface area contributed by atoms with Crippen molar-refractivity contribution in [3.05, 3.63) is 18.2 Å². The van der Waals surface area contributed by atoms with Gasteiger partial charge < -0.3 is 9.30 Å². The summed E-state index contributed by atoms with van der Waals surface area (Å²) >= 11 is 1.41. The van der Waals surface area contributed by atoms with E-state index in [0.29, 0.717) is 36.2 Å². The lowest BCUT2D eigenvalue weighted by Crippen LogP contribution is -2.27. The maximum Gasteiger partial charge on any atom is 0.319 e. The molecule has 9 heteroatoms. The SMILES string of the molecule is CCCCOC(=O)[C@H](C)Sc1nc2cc(S(=O)(=O)N3CCCC3)ccc2n1C1CCCC1. The summed E-state index contributed by atoms with van der Waals surface area (Å²) in [6.45, 7) is 5.51. The highest BCUT2D eigenvalue weighted by Crippen LogP contribution is 2.38. The summed E-state index contributed by atoms with van der Waals surface area (Å²) in [5.41, 5.74) is 1.61. The lowest BCUT2D eigenvalue weighted by atomic mass is 10.2. The number of sulfonamides is 1. The number of aromatic nitrogens is 2. The fourth-order valence-electron chi connectivity index (χ4n) is 4.53. The standard InChI is InChI=1S/C23H33N3O4S2/c1-3-4-15-30-22(27)17(2)31-23-24-20-16-19(32(28,29)25-13-7-8-14-25)11-12-21(20)26(23)18-9-5-6-10-18/h11-12,16-18H,3-10,13-15H2,1-2H3/t17-/m0/s1. The minimum Gasteiger partial charge on any atom is -0.465 e. The molecule has 2 heterocycles. The molecule has 1 saturated heterocycles. The molecule has 1 aliphatic carbocycles. The minimum atomic E-state index is -3.50. The topological polar surface area (TPSA) is 81.5 Å². The van der Waals surface area contributed by atoms with Crippen molar-refractivity contribution < 1.29 is 17.9 Å². The molecule has 176 valence electrons. The van der Waals surface area contributed by atoms with E-state index in [1.807, 2.05) is 13.0 Å². The van der Waals surface area contributed by atoms with Crippen molar-refractivity contribution in [3.8, 4) is 0 Å². The minimum absolute atomic E-state index is 0.231. The van der Waals surface area contributed by atoms with Crippen LogP contribution in [-0.2, 0) is 19.6 Å². The van der Waals surface area contributed by atoms with Gasteiger partial charge in [0.25, 0.3) is 0 Å². The van der Waals surface area contributed by atoms with Crippen LogP contribution in [-0.4, -0.2) is 53.2 Å². The van der Waals surface area contributed by atoms with E-state index in [-0.39, 0.29) is 11.2 Å². The van der Waals surface area contributed by atoms with Gasteiger partial charge in [-0.25, -0.2) is 13.4 Å². The Morgan fingerprint density at radius 3 is 2.62 bits per heavy atom. The van der Waals surface area contributed by atoms with Gasteiger partial charge in [-0.2, -0.15) is 4.31 Å². The Morgan fingerprint density at radius 1 is 1.22 bits per heavy atom. The summed E-state index contributed by atoms with van der Waals surface area (Å²) in [6.07, 6.45) is 8.14. The molecule has 4 rings (SSSR count). The van der Waals surface area contributed by atoms with Gasteiger partial charge in [-0.05, 0) is 57.2 Å². The van der Waals surface area contributed by atoms with E-state index in [1.54, 1.807) is 16.4 Å². The fourth-order valence-corrected chi connectivity index (χ4v) is 7.06. The van der Waals surface area contributed by atoms with Crippen LogP contribution < -0.4 is 0 Å². The normalized spacial score (nSPS) is 19.1. The molecule has 0 amide bonds. The fraction of sp³-hybridized carbons (Fsp3) is 0.652. The second kappa shape index (κ2) is 10.1. The predicted molar refractivity (Wildman–Crippen MR) is 126 cm³/mol. The van der Waals surface area contributed by atoms with Gasteiger partial charge in [-0.15, -0.1) is 0 Å². The molecule has 32 heavy (non-hydrogen) atoms. The summed E-state index contributed by atoms with van der Waals surface area (Å²) in [5, 5.41) is 0.388. The number of benzene rings is 1. The number of hydrogen-bond donors (Lipinski definition) is 0. The average Bonchev–Trinajstić information content (AvgIpc) is 3.53. The Kier molecular flexibility index (Phi) is 7.47. The highest BCUT2D eigenvalue weighted by atomic mass is 32.2. The van der Waals surface area contributed by atoms with E-state index in [9.17, 15) is 13.2 Å². The molecule has 0 spiro atoms. The summed E-state index contributed by atoms with van der Waals surface area (Å²) < 4.78 is 35.3. The van der Waals surface area contributed by atoms with E-state index < -0.39 is 10.0 Å². The molecule has 0 radical (unpaired) electrons. The van der Waals surface area contributed by atoms with E-state index in [2.05, 4.69) is 11.5 Å². The Hall–Kier alpha value is -1.58. The van der Waals surface area contributed by atoms with Crippen LogP contribution in [0.25, 0.3) is 11.0 Å². The summed E-state index contributed by atoms with van der Waals surface area (Å²) in [6, 6.07) is 5.62. The maximum absolute atomic E-state index is 13.0. The molecule has 0 bridgehead atoms. The summed E-state index contributed by atoms with van der Waals surface area (Å²) in [4.78, 5) is 17.5. The van der Waals surface area contributed by atoms with Crippen LogP contribution in [0.2, 0.25) is 0 Å². The van der Waals surface area contributed by atoms with Gasteiger partial charge in [0.1, 0.15) is 5.25 Å². The third kappa shape index (κ3) is 4.84. The van der Waals surface area contributed by atoms with Gasteiger partial charge in [0.05, 0.1) is 22.5 Å². The number of ether oxygens (including phenoxy) is 1. The van der Waals surface area contributed by atoms with Crippen molar-refractivity contribution >= 4 is 38.8 Å². The van der Waals surface area contributed by atoms with Crippen LogP contribution in [0.4, 0.5) is 0 Å². The van der Waals surface area contributed by atoms with Crippen LogP contribution in [0, 0.1) is 0 Å². The number of unbranched alkanes of at least 4 members (excludes halogenated alkanes) is 1. The van der Waals surface area contributed by atoms with Crippen molar-refractivity contribution in [3.63, 3.8) is 0 Å². The summed E-state index contributed by atoms with van der Waals surface area (Å²) in [5.74, 6) is -0.231. The molecule has 2 aliphatic rings. The smallest absolute Gasteiger partial charge is 0.319 e. The molecule has 1 aromatic carbocycles. The Morgan fingerprint density at radius 2 is 1.94 bits per heavy atom. The lowest BCUT2D eigenvalue weighted by Gasteiger charge is -2.18. The summed E-state index contributed by atoms with van der Waals surface area (Å²) in [7, 11) is -3.50. The third-order valence-corrected chi connectivity index (χ3v) is 9.32. The number of thioether (sulfide) groups is 1. The van der Waals surface area contributed by atoms with Gasteiger partial charge in [0, 0.05) is 19.1 Å². The first-order valence-corrected chi connectivity index (χ1v) is 14.1. The second-order valence-corrected chi connectivity index (χ2v) is 12.0. The van der Waals surface area contributed by atoms with Crippen molar-refractivity contribution in [1.82, 2.24) is 13.9 Å². The molecular weight excluding hydrogens is 446 g/mol. The molecular formula is C23H33N3O4S2. The molecule has 7 nitrogen and oxygen atoms in total. The number of nitrogens with zero attached hydrogens (tertiary/aromatic N) is 3. The highest BCUT2D eigenvalue weighted by molar-refractivity contribution is 8.00. The maximum atomic E-state index is 13.0. The van der Waals surface area contributed by atoms with Crippen LogP contribution in [0.15, 0.2) is 28.3 Å². The number of imidazole rings is 1. The van der Waals surface area contributed by atoms with Crippen molar-refractivity contribution in [2.24, 2.45) is 0 Å². The van der Waals surface area contributed by atoms with Gasteiger partial charge in [-0.1, -0.05) is 37.9 Å². The van der Waals surface area contributed by atoms with Gasteiger partial charge in [-0.3, -0.25) is 4.79 Å². The predicted octanol–water partition coefficient (Wildman–Crippen LogP) is 4.76. The van der Waals surface area contributed by atoms with Crippen molar-refractivity contribution in [1.29, 1.82) is 0 Å². The van der Waals surface area contributed by atoms with Crippen LogP contribution in [0.1, 0.15) is 71.3 Å². The number of hydrogen-bond acceptors (Lipinski definition) is 6. The Balaban J connectivity index is 1.65. The van der Waals surface area contributed by atoms with E-state index in [4.69, 9.17) is 9.72 Å². The van der Waals surface area contributed by atoms with Crippen LogP contribution in [0.3, 0.4) is 0 Å². The highest BCUT2D eigenvalue weighted by Gasteiger charge is 2.30. The Labute approximate surface area is 194 Å². The first kappa shape index (κ1) is 23.6. The second-order valence-electron chi connectivity index (χ2n) is 8.75. The van der Waals surface area contributed by atoms with Gasteiger partial charge >= 0.3 is 5.97 Å². The third-order valence-electron chi connectivity index (χ3n) is 6.38. The monoisotopic (exact) mass is 479 g/mol. The number of fused-ring (bicyclic) bond motifs is 1. The number of carbonyl (C=O) groups excluding carboxylic acids is 1. The van der Waals surface area contributed by atoms with E-state index in [1.165, 1.54) is 24.6 Å². The zero-order valence-corrected chi connectivity index (χ0v) is 20.6. The number of carbonyl (C=O) groups is 1. The van der Waals surface area contributed by atoms with Crippen molar-refractivity contribution in [2.45, 2.75) is 86.6 Å². The van der Waals surface area contributed by atoms with Gasteiger partial charge in [0.2, 0.25) is 10.0 Å². The molecule has 2 aromatic rings. The first-order chi connectivity index (χ1) is 15.4. The average molecular weight is 480 g/mol. The number of esters is 1. The molecule has 1 aromatic heterocycles. The van der Waals surface area contributed by atoms with Crippen LogP contribution in [0.5, 0.6) is 0 Å². The molecule has 1 saturated carbocycles. The van der Waals surface area contributed by atoms with Crippen LogP contribution >= 0.6 is 11.8 Å². The zero-order chi connectivity index (χ0) is 22.7. The molecule has 1 aliphatic heterocycles. The lowest BCUT2D eigenvalue weighted by molar-refractivity contribution is -0.142. The largest absolute Gasteiger partial charge is 0.465 e. The zero-order valence-electron chi connectivity index (χ0n) is 19.0. The first-order valence-electron chi connectivity index (χ1n) is 11.8. The quantitative estimate of drug-likeness (QED) is 0.293. The molecule has 2 fully saturated rings. The van der Waals surface area contributed by atoms with E-state index >= 15 is 0 Å². The molecule has 0 N–H and O–H groups in total. The Bertz CT molecular complexity index is 1050. The number of rotatable bonds is 9.